The Kier molecular flexibility index (Phi) is 6.30. The zero-order valence-electron chi connectivity index (χ0n) is 19.6. The van der Waals surface area contributed by atoms with Crippen molar-refractivity contribution in [3.8, 4) is 11.8 Å². The van der Waals surface area contributed by atoms with Gasteiger partial charge in [0, 0.05) is 12.6 Å². The molecule has 0 radical (unpaired) electrons. The van der Waals surface area contributed by atoms with Gasteiger partial charge in [0.05, 0.1) is 22.5 Å². The zero-order chi connectivity index (χ0) is 23.6. The summed E-state index contributed by atoms with van der Waals surface area (Å²) in [6.07, 6.45) is 0.553. The monoisotopic (exact) mass is 432 g/mol. The standard InChI is InChI=1S/C24H28N6O2/c1-8-19-20(28-30(27-19)17-12-10-9-11-13-17)18(14-25)22(32-23(31)24(4,5)6)21-15(2)16(3)26-29(21)7/h9-13H,8H2,1-7H3. The van der Waals surface area contributed by atoms with Gasteiger partial charge in [0.1, 0.15) is 23.0 Å². The second-order valence-corrected chi connectivity index (χ2v) is 8.61. The molecule has 8 heteroatoms. The van der Waals surface area contributed by atoms with E-state index in [1.807, 2.05) is 51.1 Å². The molecule has 0 saturated carbocycles. The molecule has 0 amide bonds. The lowest BCUT2D eigenvalue weighted by molar-refractivity contribution is -0.145. The Labute approximate surface area is 188 Å². The molecule has 166 valence electrons. The number of carbonyl (C=O) groups is 1. The fourth-order valence-corrected chi connectivity index (χ4v) is 3.20. The number of hydrogen-bond acceptors (Lipinski definition) is 6. The molecule has 0 bridgehead atoms. The van der Waals surface area contributed by atoms with Crippen LogP contribution in [0.2, 0.25) is 0 Å². The van der Waals surface area contributed by atoms with Crippen LogP contribution in [-0.2, 0) is 23.0 Å². The molecular weight excluding hydrogens is 404 g/mol. The quantitative estimate of drug-likeness (QED) is 0.341. The van der Waals surface area contributed by atoms with Gasteiger partial charge >= 0.3 is 5.97 Å². The maximum atomic E-state index is 12.9. The summed E-state index contributed by atoms with van der Waals surface area (Å²) in [5.41, 5.74) is 3.34. The van der Waals surface area contributed by atoms with Crippen LogP contribution in [0.25, 0.3) is 17.0 Å². The lowest BCUT2D eigenvalue weighted by Crippen LogP contribution is -2.23. The summed E-state index contributed by atoms with van der Waals surface area (Å²) in [4.78, 5) is 14.4. The van der Waals surface area contributed by atoms with Crippen molar-refractivity contribution in [3.05, 3.63) is 58.7 Å². The Morgan fingerprint density at radius 3 is 2.28 bits per heavy atom. The van der Waals surface area contributed by atoms with Gasteiger partial charge in [-0.3, -0.25) is 9.48 Å². The van der Waals surface area contributed by atoms with E-state index < -0.39 is 11.4 Å². The molecule has 2 aromatic heterocycles. The number of allylic oxidation sites excluding steroid dienone is 1. The van der Waals surface area contributed by atoms with Crippen molar-refractivity contribution in [1.29, 1.82) is 5.26 Å². The fourth-order valence-electron chi connectivity index (χ4n) is 3.20. The molecule has 3 rings (SSSR count). The van der Waals surface area contributed by atoms with E-state index in [1.165, 1.54) is 4.80 Å². The molecule has 0 N–H and O–H groups in total. The predicted octanol–water partition coefficient (Wildman–Crippen LogP) is 4.16. The molecule has 0 spiro atoms. The zero-order valence-corrected chi connectivity index (χ0v) is 19.6. The number of rotatable bonds is 5. The van der Waals surface area contributed by atoms with Crippen molar-refractivity contribution in [2.75, 3.05) is 0 Å². The van der Waals surface area contributed by atoms with E-state index in [2.05, 4.69) is 21.4 Å². The minimum atomic E-state index is -0.761. The Hall–Kier alpha value is -3.73. The van der Waals surface area contributed by atoms with Crippen LogP contribution in [0.15, 0.2) is 30.3 Å². The molecule has 0 saturated heterocycles. The Bertz CT molecular complexity index is 1220. The van der Waals surface area contributed by atoms with Crippen molar-refractivity contribution in [2.45, 2.75) is 48.0 Å². The van der Waals surface area contributed by atoms with Gasteiger partial charge in [0.15, 0.2) is 5.76 Å². The van der Waals surface area contributed by atoms with E-state index in [1.54, 1.807) is 32.5 Å². The van der Waals surface area contributed by atoms with Crippen LogP contribution in [-0.4, -0.2) is 30.7 Å². The van der Waals surface area contributed by atoms with Gasteiger partial charge in [0.25, 0.3) is 0 Å². The van der Waals surface area contributed by atoms with E-state index in [0.29, 0.717) is 23.5 Å². The normalized spacial score (nSPS) is 12.3. The van der Waals surface area contributed by atoms with Crippen LogP contribution in [0.4, 0.5) is 0 Å². The first-order valence-corrected chi connectivity index (χ1v) is 10.5. The van der Waals surface area contributed by atoms with Crippen molar-refractivity contribution in [1.82, 2.24) is 24.8 Å². The minimum absolute atomic E-state index is 0.142. The van der Waals surface area contributed by atoms with Gasteiger partial charge in [-0.15, -0.1) is 5.10 Å². The lowest BCUT2D eigenvalue weighted by Gasteiger charge is -2.19. The fraction of sp³-hybridized carbons (Fsp3) is 0.375. The van der Waals surface area contributed by atoms with Gasteiger partial charge in [-0.2, -0.15) is 20.3 Å². The highest BCUT2D eigenvalue weighted by atomic mass is 16.5. The number of aryl methyl sites for hydroxylation is 3. The lowest BCUT2D eigenvalue weighted by atomic mass is 9.97. The van der Waals surface area contributed by atoms with E-state index in [9.17, 15) is 10.1 Å². The van der Waals surface area contributed by atoms with Crippen LogP contribution in [0.5, 0.6) is 0 Å². The van der Waals surface area contributed by atoms with Crippen LogP contribution in [0.3, 0.4) is 0 Å². The molecule has 0 atom stereocenters. The number of esters is 1. The summed E-state index contributed by atoms with van der Waals surface area (Å²) < 4.78 is 7.50. The third-order valence-corrected chi connectivity index (χ3v) is 5.12. The van der Waals surface area contributed by atoms with Crippen LogP contribution in [0, 0.1) is 30.6 Å². The molecule has 8 nitrogen and oxygen atoms in total. The summed E-state index contributed by atoms with van der Waals surface area (Å²) in [5, 5.41) is 23.8. The summed E-state index contributed by atoms with van der Waals surface area (Å²) in [6.45, 7) is 11.0. The first-order valence-electron chi connectivity index (χ1n) is 10.5. The number of para-hydroxylation sites is 1. The number of nitriles is 1. The van der Waals surface area contributed by atoms with Crippen molar-refractivity contribution >= 4 is 17.3 Å². The largest absolute Gasteiger partial charge is 0.422 e. The average Bonchev–Trinajstić information content (AvgIpc) is 3.28. The highest BCUT2D eigenvalue weighted by Crippen LogP contribution is 2.33. The Balaban J connectivity index is 2.30. The third-order valence-electron chi connectivity index (χ3n) is 5.12. The Morgan fingerprint density at radius 2 is 1.78 bits per heavy atom. The van der Waals surface area contributed by atoms with Gasteiger partial charge in [-0.1, -0.05) is 25.1 Å². The summed E-state index contributed by atoms with van der Waals surface area (Å²) in [6, 6.07) is 11.7. The predicted molar refractivity (Wildman–Crippen MR) is 121 cm³/mol. The number of carbonyl (C=O) groups excluding carboxylic acids is 1. The number of benzene rings is 1. The van der Waals surface area contributed by atoms with Gasteiger partial charge in [-0.25, -0.2) is 0 Å². The maximum absolute atomic E-state index is 12.9. The summed E-state index contributed by atoms with van der Waals surface area (Å²) in [7, 11) is 1.76. The molecule has 2 heterocycles. The molecule has 1 aromatic carbocycles. The minimum Gasteiger partial charge on any atom is -0.422 e. The third kappa shape index (κ3) is 4.33. The molecular formula is C24H28N6O2. The molecule has 3 aromatic rings. The van der Waals surface area contributed by atoms with E-state index >= 15 is 0 Å². The second kappa shape index (κ2) is 8.79. The van der Waals surface area contributed by atoms with E-state index in [-0.39, 0.29) is 11.3 Å². The van der Waals surface area contributed by atoms with Gasteiger partial charge < -0.3 is 4.74 Å². The number of hydrogen-bond donors (Lipinski definition) is 0. The maximum Gasteiger partial charge on any atom is 0.316 e. The van der Waals surface area contributed by atoms with Crippen molar-refractivity contribution in [3.63, 3.8) is 0 Å². The van der Waals surface area contributed by atoms with Crippen molar-refractivity contribution in [2.24, 2.45) is 12.5 Å². The molecule has 0 unspecified atom stereocenters. The SMILES string of the molecule is CCc1nn(-c2ccccc2)nc1C(C#N)=C(OC(=O)C(C)(C)C)c1c(C)c(C)nn1C. The van der Waals surface area contributed by atoms with E-state index in [4.69, 9.17) is 4.74 Å². The molecule has 0 aliphatic carbocycles. The topological polar surface area (TPSA) is 98.6 Å². The van der Waals surface area contributed by atoms with E-state index in [0.717, 1.165) is 16.9 Å². The van der Waals surface area contributed by atoms with Gasteiger partial charge in [0.2, 0.25) is 0 Å². The number of nitrogens with zero attached hydrogens (tertiary/aromatic N) is 6. The average molecular weight is 433 g/mol. The summed E-state index contributed by atoms with van der Waals surface area (Å²) >= 11 is 0. The number of ether oxygens (including phenoxy) is 1. The molecule has 0 fully saturated rings. The second-order valence-electron chi connectivity index (χ2n) is 8.61. The Morgan fingerprint density at radius 1 is 1.12 bits per heavy atom. The molecule has 32 heavy (non-hydrogen) atoms. The number of aromatic nitrogens is 5. The highest BCUT2D eigenvalue weighted by Gasteiger charge is 2.31. The summed E-state index contributed by atoms with van der Waals surface area (Å²) in [5.74, 6) is -0.310. The van der Waals surface area contributed by atoms with Crippen molar-refractivity contribution < 1.29 is 9.53 Å². The first-order chi connectivity index (χ1) is 15.1. The van der Waals surface area contributed by atoms with Crippen LogP contribution in [0.1, 0.15) is 56.0 Å². The van der Waals surface area contributed by atoms with Crippen LogP contribution >= 0.6 is 0 Å². The van der Waals surface area contributed by atoms with Crippen LogP contribution < -0.4 is 0 Å². The van der Waals surface area contributed by atoms with Gasteiger partial charge in [-0.05, 0) is 53.2 Å². The molecule has 0 aliphatic rings. The smallest absolute Gasteiger partial charge is 0.316 e. The first kappa shape index (κ1) is 22.9. The highest BCUT2D eigenvalue weighted by molar-refractivity contribution is 5.97. The molecule has 0 aliphatic heterocycles.